The molecule has 1 heteroatoms. The zero-order chi connectivity index (χ0) is 34.8. The van der Waals surface area contributed by atoms with Crippen LogP contribution in [0.15, 0.2) is 188 Å². The highest BCUT2D eigenvalue weighted by Gasteiger charge is 2.35. The van der Waals surface area contributed by atoms with E-state index in [1.165, 1.54) is 76.8 Å². The van der Waals surface area contributed by atoms with Crippen LogP contribution in [0.3, 0.4) is 0 Å². The predicted octanol–water partition coefficient (Wildman–Crippen LogP) is 14.3. The van der Waals surface area contributed by atoms with Gasteiger partial charge in [0.25, 0.3) is 0 Å². The third-order valence-corrected chi connectivity index (χ3v) is 11.2. The maximum Gasteiger partial charge on any atom is 0.0468 e. The Hall–Kier alpha value is -6.44. The van der Waals surface area contributed by atoms with Gasteiger partial charge in [0.1, 0.15) is 0 Å². The SMILES string of the molecule is CC1(C)c2cc(N(c3ccc(-c4ccccc4)cc3)c3ccc4ccccc4c3)ccc2-c2c(-c3cccc4ccccc34)ccc3cccc1c23. The Balaban J connectivity index is 1.20. The fourth-order valence-electron chi connectivity index (χ4n) is 8.61. The van der Waals surface area contributed by atoms with E-state index >= 15 is 0 Å². The molecular formula is C51H37N. The van der Waals surface area contributed by atoms with Crippen molar-refractivity contribution in [3.8, 4) is 33.4 Å². The number of hydrogen-bond acceptors (Lipinski definition) is 1. The summed E-state index contributed by atoms with van der Waals surface area (Å²) in [5, 5.41) is 7.66. The topological polar surface area (TPSA) is 3.24 Å². The summed E-state index contributed by atoms with van der Waals surface area (Å²) in [6.07, 6.45) is 0. The van der Waals surface area contributed by atoms with Gasteiger partial charge in [-0.05, 0) is 113 Å². The van der Waals surface area contributed by atoms with E-state index < -0.39 is 0 Å². The molecule has 0 saturated carbocycles. The molecule has 0 saturated heterocycles. The van der Waals surface area contributed by atoms with Crippen molar-refractivity contribution in [2.24, 2.45) is 0 Å². The Bertz CT molecular complexity index is 2800. The smallest absolute Gasteiger partial charge is 0.0468 e. The van der Waals surface area contributed by atoms with Crippen LogP contribution in [-0.4, -0.2) is 0 Å². The first-order chi connectivity index (χ1) is 25.5. The van der Waals surface area contributed by atoms with Gasteiger partial charge in [-0.3, -0.25) is 0 Å². The summed E-state index contributed by atoms with van der Waals surface area (Å²) in [6.45, 7) is 4.79. The van der Waals surface area contributed by atoms with Crippen molar-refractivity contribution >= 4 is 49.4 Å². The van der Waals surface area contributed by atoms with Crippen molar-refractivity contribution in [3.05, 3.63) is 199 Å². The van der Waals surface area contributed by atoms with Crippen LogP contribution >= 0.6 is 0 Å². The standard InChI is InChI=1S/C51H37N/c1-51(2)47-21-11-18-38-25-30-45(44-20-10-17-37-15-8-9-19-43(37)44)50(49(38)47)46-31-29-42(33-48(46)51)52(41-28-24-35-14-6-7-16-39(35)32-41)40-26-22-36(23-27-40)34-12-4-3-5-13-34/h3-33H,1-2H3. The van der Waals surface area contributed by atoms with E-state index in [0.29, 0.717) is 0 Å². The van der Waals surface area contributed by atoms with Gasteiger partial charge in [0.05, 0.1) is 0 Å². The molecule has 1 aliphatic rings. The van der Waals surface area contributed by atoms with Crippen molar-refractivity contribution in [2.45, 2.75) is 19.3 Å². The minimum Gasteiger partial charge on any atom is -0.310 e. The number of fused-ring (bicyclic) bond motifs is 4. The number of anilines is 3. The van der Waals surface area contributed by atoms with Crippen LogP contribution in [0, 0.1) is 0 Å². The van der Waals surface area contributed by atoms with Crippen molar-refractivity contribution in [2.75, 3.05) is 4.90 Å². The van der Waals surface area contributed by atoms with Gasteiger partial charge in [0, 0.05) is 22.5 Å². The van der Waals surface area contributed by atoms with Crippen molar-refractivity contribution in [1.82, 2.24) is 0 Å². The normalized spacial score (nSPS) is 13.0. The zero-order valence-electron chi connectivity index (χ0n) is 29.3. The Morgan fingerprint density at radius 3 is 1.81 bits per heavy atom. The summed E-state index contributed by atoms with van der Waals surface area (Å²) in [5.74, 6) is 0. The van der Waals surface area contributed by atoms with Gasteiger partial charge in [-0.2, -0.15) is 0 Å². The molecule has 0 unspecified atom stereocenters. The average Bonchev–Trinajstić information content (AvgIpc) is 3.20. The Morgan fingerprint density at radius 2 is 0.962 bits per heavy atom. The zero-order valence-corrected chi connectivity index (χ0v) is 29.3. The lowest BCUT2D eigenvalue weighted by atomic mass is 9.67. The molecule has 1 nitrogen and oxygen atoms in total. The maximum absolute atomic E-state index is 2.46. The highest BCUT2D eigenvalue weighted by atomic mass is 15.1. The highest BCUT2D eigenvalue weighted by molar-refractivity contribution is 6.12. The molecule has 0 heterocycles. The molecule has 0 atom stereocenters. The van der Waals surface area contributed by atoms with Gasteiger partial charge in [-0.15, -0.1) is 0 Å². The molecule has 9 aromatic carbocycles. The molecule has 0 aromatic heterocycles. The van der Waals surface area contributed by atoms with Crippen LogP contribution < -0.4 is 4.90 Å². The van der Waals surface area contributed by atoms with Crippen molar-refractivity contribution in [3.63, 3.8) is 0 Å². The second-order valence-corrected chi connectivity index (χ2v) is 14.6. The van der Waals surface area contributed by atoms with E-state index in [4.69, 9.17) is 0 Å². The summed E-state index contributed by atoms with van der Waals surface area (Å²) in [5.41, 5.74) is 13.5. The van der Waals surface area contributed by atoms with Crippen LogP contribution in [-0.2, 0) is 5.41 Å². The van der Waals surface area contributed by atoms with Crippen LogP contribution in [0.2, 0.25) is 0 Å². The number of hydrogen-bond donors (Lipinski definition) is 0. The molecule has 0 aliphatic heterocycles. The van der Waals surface area contributed by atoms with Crippen LogP contribution in [0.4, 0.5) is 17.1 Å². The molecule has 1 aliphatic carbocycles. The summed E-state index contributed by atoms with van der Waals surface area (Å²) in [6, 6.07) is 69.2. The molecule has 0 bridgehead atoms. The Kier molecular flexibility index (Phi) is 6.91. The summed E-state index contributed by atoms with van der Waals surface area (Å²) in [4.78, 5) is 2.42. The summed E-state index contributed by atoms with van der Waals surface area (Å²) >= 11 is 0. The van der Waals surface area contributed by atoms with Crippen molar-refractivity contribution < 1.29 is 0 Å². The Labute approximate surface area is 305 Å². The molecule has 0 N–H and O–H groups in total. The van der Waals surface area contributed by atoms with Gasteiger partial charge < -0.3 is 4.90 Å². The van der Waals surface area contributed by atoms with Gasteiger partial charge >= 0.3 is 0 Å². The number of benzene rings is 9. The van der Waals surface area contributed by atoms with Gasteiger partial charge in [-0.25, -0.2) is 0 Å². The first-order valence-electron chi connectivity index (χ1n) is 18.2. The minimum atomic E-state index is -0.221. The second kappa shape index (κ2) is 11.8. The highest BCUT2D eigenvalue weighted by Crippen LogP contribution is 2.53. The third-order valence-electron chi connectivity index (χ3n) is 11.2. The number of nitrogens with zero attached hydrogens (tertiary/aromatic N) is 1. The monoisotopic (exact) mass is 663 g/mol. The number of rotatable bonds is 5. The van der Waals surface area contributed by atoms with Gasteiger partial charge in [-0.1, -0.05) is 166 Å². The average molecular weight is 664 g/mol. The van der Waals surface area contributed by atoms with Gasteiger partial charge in [0.2, 0.25) is 0 Å². The van der Waals surface area contributed by atoms with Crippen molar-refractivity contribution in [1.29, 1.82) is 0 Å². The van der Waals surface area contributed by atoms with E-state index in [-0.39, 0.29) is 5.41 Å². The van der Waals surface area contributed by atoms with E-state index in [1.54, 1.807) is 0 Å². The van der Waals surface area contributed by atoms with Crippen LogP contribution in [0.25, 0.3) is 65.7 Å². The van der Waals surface area contributed by atoms with E-state index in [9.17, 15) is 0 Å². The largest absolute Gasteiger partial charge is 0.310 e. The van der Waals surface area contributed by atoms with E-state index in [2.05, 4.69) is 207 Å². The second-order valence-electron chi connectivity index (χ2n) is 14.6. The fourth-order valence-corrected chi connectivity index (χ4v) is 8.61. The first-order valence-corrected chi connectivity index (χ1v) is 18.2. The molecule has 0 fully saturated rings. The molecule has 0 amide bonds. The van der Waals surface area contributed by atoms with Gasteiger partial charge in [0.15, 0.2) is 0 Å². The predicted molar refractivity (Wildman–Crippen MR) is 222 cm³/mol. The summed E-state index contributed by atoms with van der Waals surface area (Å²) < 4.78 is 0. The summed E-state index contributed by atoms with van der Waals surface area (Å²) in [7, 11) is 0. The van der Waals surface area contributed by atoms with E-state index in [1.807, 2.05) is 0 Å². The lowest BCUT2D eigenvalue weighted by molar-refractivity contribution is 0.645. The fraction of sp³-hybridized carbons (Fsp3) is 0.0588. The Morgan fingerprint density at radius 1 is 0.365 bits per heavy atom. The molecule has 0 spiro atoms. The first kappa shape index (κ1) is 30.4. The molecular weight excluding hydrogens is 627 g/mol. The maximum atomic E-state index is 2.46. The minimum absolute atomic E-state index is 0.221. The lowest BCUT2D eigenvalue weighted by Crippen LogP contribution is -2.24. The third kappa shape index (κ3) is 4.77. The molecule has 0 radical (unpaired) electrons. The molecule has 10 rings (SSSR count). The van der Waals surface area contributed by atoms with Crippen LogP contribution in [0.5, 0.6) is 0 Å². The quantitative estimate of drug-likeness (QED) is 0.177. The lowest BCUT2D eigenvalue weighted by Gasteiger charge is -2.37. The van der Waals surface area contributed by atoms with E-state index in [0.717, 1.165) is 17.1 Å². The molecule has 246 valence electrons. The molecule has 52 heavy (non-hydrogen) atoms. The molecule has 9 aromatic rings. The van der Waals surface area contributed by atoms with Crippen LogP contribution in [0.1, 0.15) is 25.0 Å².